The standard InChI is InChI=1S/C25H35N5O3/c1-24(10-11-24)18-27(3)21-6-7-22(31)30(26-21)17-23(32)29-12-8-19-20(5-4-9-25(19,29)2)28-13-15-33-16-14-28/h4-7,9,19H,8,10-18H2,1-3H3. The molecule has 8 nitrogen and oxygen atoms in total. The number of fused-ring (bicyclic) bond motifs is 1. The van der Waals surface area contributed by atoms with E-state index in [1.807, 2.05) is 11.9 Å². The normalized spacial score (nSPS) is 27.8. The summed E-state index contributed by atoms with van der Waals surface area (Å²) in [6.07, 6.45) is 9.77. The van der Waals surface area contributed by atoms with E-state index in [2.05, 4.69) is 47.0 Å². The van der Waals surface area contributed by atoms with Crippen LogP contribution in [0.2, 0.25) is 0 Å². The van der Waals surface area contributed by atoms with Gasteiger partial charge in [0.05, 0.1) is 18.8 Å². The van der Waals surface area contributed by atoms with E-state index in [4.69, 9.17) is 4.74 Å². The molecule has 8 heteroatoms. The zero-order chi connectivity index (χ0) is 23.2. The van der Waals surface area contributed by atoms with Gasteiger partial charge in [0.1, 0.15) is 12.4 Å². The second kappa shape index (κ2) is 8.31. The molecule has 0 radical (unpaired) electrons. The number of rotatable bonds is 6. The average Bonchev–Trinajstić information content (AvgIpc) is 3.41. The highest BCUT2D eigenvalue weighted by molar-refractivity contribution is 5.78. The number of carbonyl (C=O) groups excluding carboxylic acids is 1. The number of allylic oxidation sites excluding steroid dienone is 2. The number of hydrogen-bond acceptors (Lipinski definition) is 6. The van der Waals surface area contributed by atoms with Gasteiger partial charge >= 0.3 is 0 Å². The Morgan fingerprint density at radius 2 is 1.97 bits per heavy atom. The smallest absolute Gasteiger partial charge is 0.267 e. The van der Waals surface area contributed by atoms with Gasteiger partial charge in [0.15, 0.2) is 0 Å². The molecule has 1 aromatic heterocycles. The van der Waals surface area contributed by atoms with Crippen LogP contribution in [0, 0.1) is 11.3 Å². The lowest BCUT2D eigenvalue weighted by Gasteiger charge is -2.43. The quantitative estimate of drug-likeness (QED) is 0.655. The van der Waals surface area contributed by atoms with E-state index in [-0.39, 0.29) is 23.9 Å². The van der Waals surface area contributed by atoms with Crippen molar-refractivity contribution in [3.05, 3.63) is 46.4 Å². The second-order valence-electron chi connectivity index (χ2n) is 10.5. The number of carbonyl (C=O) groups is 1. The summed E-state index contributed by atoms with van der Waals surface area (Å²) in [5.74, 6) is 0.929. The van der Waals surface area contributed by atoms with Crippen LogP contribution < -0.4 is 10.5 Å². The van der Waals surface area contributed by atoms with Gasteiger partial charge in [0, 0.05) is 50.9 Å². The first-order chi connectivity index (χ1) is 15.8. The zero-order valence-corrected chi connectivity index (χ0v) is 20.0. The molecule has 1 amide bonds. The molecular formula is C25H35N5O3. The fraction of sp³-hybridized carbons (Fsp3) is 0.640. The highest BCUT2D eigenvalue weighted by Gasteiger charge is 2.49. The van der Waals surface area contributed by atoms with Gasteiger partial charge in [-0.05, 0) is 43.7 Å². The van der Waals surface area contributed by atoms with Crippen LogP contribution >= 0.6 is 0 Å². The molecule has 1 saturated carbocycles. The molecular weight excluding hydrogens is 418 g/mol. The molecule has 0 aromatic carbocycles. The largest absolute Gasteiger partial charge is 0.378 e. The van der Waals surface area contributed by atoms with Crippen molar-refractivity contribution in [1.82, 2.24) is 19.6 Å². The fourth-order valence-electron chi connectivity index (χ4n) is 5.62. The van der Waals surface area contributed by atoms with Gasteiger partial charge in [0.25, 0.3) is 5.56 Å². The average molecular weight is 454 g/mol. The Bertz CT molecular complexity index is 1040. The van der Waals surface area contributed by atoms with Gasteiger partial charge in [-0.25, -0.2) is 4.68 Å². The number of likely N-dealkylation sites (tertiary alicyclic amines) is 1. The van der Waals surface area contributed by atoms with Gasteiger partial charge in [0.2, 0.25) is 5.91 Å². The maximum Gasteiger partial charge on any atom is 0.267 e. The van der Waals surface area contributed by atoms with Crippen LogP contribution in [0.5, 0.6) is 0 Å². The lowest BCUT2D eigenvalue weighted by atomic mass is 9.80. The molecule has 0 spiro atoms. The third-order valence-corrected chi connectivity index (χ3v) is 7.91. The maximum absolute atomic E-state index is 13.5. The molecule has 2 saturated heterocycles. The summed E-state index contributed by atoms with van der Waals surface area (Å²) in [7, 11) is 2.00. The van der Waals surface area contributed by atoms with Crippen molar-refractivity contribution in [2.24, 2.45) is 11.3 Å². The number of amides is 1. The van der Waals surface area contributed by atoms with Crippen LogP contribution in [-0.4, -0.2) is 77.5 Å². The van der Waals surface area contributed by atoms with E-state index >= 15 is 0 Å². The molecule has 2 unspecified atom stereocenters. The molecule has 178 valence electrons. The first-order valence-electron chi connectivity index (χ1n) is 12.1. The summed E-state index contributed by atoms with van der Waals surface area (Å²) >= 11 is 0. The molecule has 4 aliphatic rings. The maximum atomic E-state index is 13.5. The summed E-state index contributed by atoms with van der Waals surface area (Å²) in [6.45, 7) is 9.21. The van der Waals surface area contributed by atoms with E-state index in [9.17, 15) is 9.59 Å². The van der Waals surface area contributed by atoms with E-state index in [0.717, 1.165) is 45.1 Å². The van der Waals surface area contributed by atoms with E-state index in [1.54, 1.807) is 6.07 Å². The second-order valence-corrected chi connectivity index (χ2v) is 10.5. The number of aromatic nitrogens is 2. The van der Waals surface area contributed by atoms with Gasteiger partial charge in [-0.3, -0.25) is 9.59 Å². The predicted molar refractivity (Wildman–Crippen MR) is 127 cm³/mol. The minimum Gasteiger partial charge on any atom is -0.378 e. The first-order valence-corrected chi connectivity index (χ1v) is 12.1. The van der Waals surface area contributed by atoms with Crippen molar-refractivity contribution in [1.29, 1.82) is 0 Å². The highest BCUT2D eigenvalue weighted by atomic mass is 16.5. The van der Waals surface area contributed by atoms with Gasteiger partial charge < -0.3 is 19.4 Å². The number of hydrogen-bond donors (Lipinski definition) is 0. The van der Waals surface area contributed by atoms with Crippen LogP contribution in [0.25, 0.3) is 0 Å². The fourth-order valence-corrected chi connectivity index (χ4v) is 5.62. The van der Waals surface area contributed by atoms with Gasteiger partial charge in [-0.1, -0.05) is 19.1 Å². The summed E-state index contributed by atoms with van der Waals surface area (Å²) < 4.78 is 6.85. The summed E-state index contributed by atoms with van der Waals surface area (Å²) in [6, 6.07) is 3.28. The van der Waals surface area contributed by atoms with Crippen molar-refractivity contribution >= 4 is 11.7 Å². The lowest BCUT2D eigenvalue weighted by molar-refractivity contribution is -0.135. The molecule has 0 N–H and O–H groups in total. The van der Waals surface area contributed by atoms with E-state index < -0.39 is 5.54 Å². The topological polar surface area (TPSA) is 70.9 Å². The third-order valence-electron chi connectivity index (χ3n) is 7.91. The van der Waals surface area contributed by atoms with Crippen LogP contribution in [0.3, 0.4) is 0 Å². The van der Waals surface area contributed by atoms with Gasteiger partial charge in [-0.2, -0.15) is 5.10 Å². The number of nitrogens with zero attached hydrogens (tertiary/aromatic N) is 5. The molecule has 2 aliphatic heterocycles. The molecule has 33 heavy (non-hydrogen) atoms. The molecule has 3 fully saturated rings. The number of ether oxygens (including phenoxy) is 1. The Morgan fingerprint density at radius 3 is 2.70 bits per heavy atom. The summed E-state index contributed by atoms with van der Waals surface area (Å²) in [4.78, 5) is 32.4. The number of anilines is 1. The minimum atomic E-state index is -0.391. The van der Waals surface area contributed by atoms with Crippen molar-refractivity contribution < 1.29 is 9.53 Å². The number of morpholine rings is 1. The Morgan fingerprint density at radius 1 is 1.21 bits per heavy atom. The summed E-state index contributed by atoms with van der Waals surface area (Å²) in [5.41, 5.74) is 1.00. The molecule has 3 heterocycles. The van der Waals surface area contributed by atoms with Crippen LogP contribution in [0.15, 0.2) is 40.9 Å². The van der Waals surface area contributed by atoms with Gasteiger partial charge in [-0.15, -0.1) is 0 Å². The van der Waals surface area contributed by atoms with Crippen molar-refractivity contribution in [3.8, 4) is 0 Å². The lowest BCUT2D eigenvalue weighted by Crippen LogP contribution is -2.52. The molecule has 5 rings (SSSR count). The summed E-state index contributed by atoms with van der Waals surface area (Å²) in [5, 5.41) is 4.54. The molecule has 2 atom stereocenters. The monoisotopic (exact) mass is 453 g/mol. The Balaban J connectivity index is 1.31. The Hall–Kier alpha value is -2.61. The molecule has 0 bridgehead atoms. The SMILES string of the molecule is CN(CC1(C)CC1)c1ccc(=O)n(CC(=O)N2CCC3C(N4CCOCC4)=CC=CC32C)n1. The molecule has 2 aliphatic carbocycles. The highest BCUT2D eigenvalue weighted by Crippen LogP contribution is 2.46. The Kier molecular flexibility index (Phi) is 5.59. The third kappa shape index (κ3) is 4.21. The van der Waals surface area contributed by atoms with Crippen LogP contribution in [0.1, 0.15) is 33.1 Å². The zero-order valence-electron chi connectivity index (χ0n) is 20.0. The Labute approximate surface area is 195 Å². The predicted octanol–water partition coefficient (Wildman–Crippen LogP) is 1.87. The van der Waals surface area contributed by atoms with E-state index in [1.165, 1.54) is 29.3 Å². The van der Waals surface area contributed by atoms with Crippen molar-refractivity contribution in [3.63, 3.8) is 0 Å². The van der Waals surface area contributed by atoms with Crippen LogP contribution in [0.4, 0.5) is 5.82 Å². The molecule has 1 aromatic rings. The van der Waals surface area contributed by atoms with Crippen molar-refractivity contribution in [2.75, 3.05) is 51.3 Å². The first kappa shape index (κ1) is 22.2. The van der Waals surface area contributed by atoms with Crippen molar-refractivity contribution in [2.45, 2.75) is 45.2 Å². The van der Waals surface area contributed by atoms with Crippen LogP contribution in [-0.2, 0) is 16.1 Å². The minimum absolute atomic E-state index is 0.0372. The van der Waals surface area contributed by atoms with E-state index in [0.29, 0.717) is 12.0 Å².